The first-order valence-corrected chi connectivity index (χ1v) is 6.72. The van der Waals surface area contributed by atoms with Crippen molar-refractivity contribution in [3.05, 3.63) is 59.7 Å². The molecule has 0 unspecified atom stereocenters. The third kappa shape index (κ3) is 5.45. The lowest BCUT2D eigenvalue weighted by Crippen LogP contribution is -2.26. The Labute approximate surface area is 126 Å². The first kappa shape index (κ1) is 17.0. The Morgan fingerprint density at radius 3 is 1.43 bits per heavy atom. The van der Waals surface area contributed by atoms with Crippen LogP contribution in [0, 0.1) is 0 Å². The van der Waals surface area contributed by atoms with E-state index in [-0.39, 0.29) is 7.43 Å². The number of benzene rings is 2. The third-order valence-electron chi connectivity index (χ3n) is 3.09. The highest BCUT2D eigenvalue weighted by atomic mass is 16.3. The lowest BCUT2D eigenvalue weighted by molar-refractivity contribution is 0.461. The summed E-state index contributed by atoms with van der Waals surface area (Å²) in [7, 11) is 0. The van der Waals surface area contributed by atoms with Crippen LogP contribution in [0.2, 0.25) is 0 Å². The molecule has 0 saturated carbocycles. The second-order valence-electron chi connectivity index (χ2n) is 4.61. The van der Waals surface area contributed by atoms with Crippen molar-refractivity contribution in [3.63, 3.8) is 0 Å². The SMILES string of the molecule is C.Oc1ccccc1CNCCNCc1ccccc1O. The summed E-state index contributed by atoms with van der Waals surface area (Å²) in [6.45, 7) is 2.87. The number of nitrogens with one attached hydrogen (secondary N) is 2. The van der Waals surface area contributed by atoms with Crippen molar-refractivity contribution >= 4 is 0 Å². The lowest BCUT2D eigenvalue weighted by atomic mass is 10.2. The predicted molar refractivity (Wildman–Crippen MR) is 86.4 cm³/mol. The van der Waals surface area contributed by atoms with E-state index in [9.17, 15) is 10.2 Å². The van der Waals surface area contributed by atoms with Gasteiger partial charge in [0.15, 0.2) is 0 Å². The van der Waals surface area contributed by atoms with Crippen LogP contribution in [0.1, 0.15) is 18.6 Å². The van der Waals surface area contributed by atoms with Gasteiger partial charge in [0.2, 0.25) is 0 Å². The van der Waals surface area contributed by atoms with Crippen molar-refractivity contribution in [2.24, 2.45) is 0 Å². The van der Waals surface area contributed by atoms with Crippen molar-refractivity contribution < 1.29 is 10.2 Å². The molecule has 0 aliphatic carbocycles. The van der Waals surface area contributed by atoms with Crippen LogP contribution in [0.5, 0.6) is 11.5 Å². The van der Waals surface area contributed by atoms with Crippen molar-refractivity contribution in [3.8, 4) is 11.5 Å². The molecule has 0 radical (unpaired) electrons. The predicted octanol–water partition coefficient (Wildman–Crippen LogP) is 2.61. The van der Waals surface area contributed by atoms with Gasteiger partial charge in [-0.2, -0.15) is 0 Å². The standard InChI is InChI=1S/C16H20N2O2.CH4/c19-15-7-3-1-5-13(15)11-17-9-10-18-12-14-6-2-4-8-16(14)20;/h1-8,17-20H,9-12H2;1H4. The minimum Gasteiger partial charge on any atom is -0.508 e. The molecule has 4 heteroatoms. The molecule has 0 spiro atoms. The quantitative estimate of drug-likeness (QED) is 0.591. The maximum Gasteiger partial charge on any atom is 0.120 e. The van der Waals surface area contributed by atoms with Crippen LogP contribution in [0.15, 0.2) is 48.5 Å². The maximum absolute atomic E-state index is 9.61. The van der Waals surface area contributed by atoms with Gasteiger partial charge in [-0.05, 0) is 12.1 Å². The molecule has 0 saturated heterocycles. The zero-order valence-corrected chi connectivity index (χ0v) is 11.3. The molecule has 2 aromatic rings. The van der Waals surface area contributed by atoms with Crippen molar-refractivity contribution in [2.75, 3.05) is 13.1 Å². The summed E-state index contributed by atoms with van der Waals surface area (Å²) in [5.74, 6) is 0.643. The molecule has 0 aromatic heterocycles. The fourth-order valence-corrected chi connectivity index (χ4v) is 1.94. The highest BCUT2D eigenvalue weighted by molar-refractivity contribution is 5.32. The van der Waals surface area contributed by atoms with E-state index in [0.29, 0.717) is 24.6 Å². The highest BCUT2D eigenvalue weighted by Crippen LogP contribution is 2.15. The van der Waals surface area contributed by atoms with E-state index < -0.39 is 0 Å². The van der Waals surface area contributed by atoms with Gasteiger partial charge in [-0.25, -0.2) is 0 Å². The monoisotopic (exact) mass is 288 g/mol. The lowest BCUT2D eigenvalue weighted by Gasteiger charge is -2.08. The van der Waals surface area contributed by atoms with Gasteiger partial charge in [0, 0.05) is 37.3 Å². The van der Waals surface area contributed by atoms with Crippen LogP contribution in [0.4, 0.5) is 0 Å². The summed E-state index contributed by atoms with van der Waals surface area (Å²) in [4.78, 5) is 0. The third-order valence-corrected chi connectivity index (χ3v) is 3.09. The number of hydrogen-bond donors (Lipinski definition) is 4. The van der Waals surface area contributed by atoms with Gasteiger partial charge >= 0.3 is 0 Å². The average molecular weight is 288 g/mol. The molecule has 4 N–H and O–H groups in total. The zero-order chi connectivity index (χ0) is 14.2. The summed E-state index contributed by atoms with van der Waals surface area (Å²) < 4.78 is 0. The van der Waals surface area contributed by atoms with E-state index in [2.05, 4.69) is 10.6 Å². The average Bonchev–Trinajstić information content (AvgIpc) is 2.46. The molecule has 2 rings (SSSR count). The molecule has 0 bridgehead atoms. The van der Waals surface area contributed by atoms with Crippen molar-refractivity contribution in [1.82, 2.24) is 10.6 Å². The van der Waals surface area contributed by atoms with Crippen LogP contribution >= 0.6 is 0 Å². The van der Waals surface area contributed by atoms with Crippen LogP contribution in [0.25, 0.3) is 0 Å². The van der Waals surface area contributed by atoms with Crippen LogP contribution < -0.4 is 10.6 Å². The molecule has 0 aliphatic rings. The number of phenolic OH excluding ortho intramolecular Hbond substituents is 2. The molecule has 21 heavy (non-hydrogen) atoms. The first-order valence-electron chi connectivity index (χ1n) is 6.72. The van der Waals surface area contributed by atoms with Crippen LogP contribution in [-0.4, -0.2) is 23.3 Å². The number of hydrogen-bond acceptors (Lipinski definition) is 4. The largest absolute Gasteiger partial charge is 0.508 e. The zero-order valence-electron chi connectivity index (χ0n) is 11.3. The molecule has 0 amide bonds. The normalized spacial score (nSPS) is 10.1. The first-order chi connectivity index (χ1) is 9.77. The molecule has 0 heterocycles. The van der Waals surface area contributed by atoms with E-state index in [0.717, 1.165) is 24.2 Å². The van der Waals surface area contributed by atoms with Crippen molar-refractivity contribution in [1.29, 1.82) is 0 Å². The number of aromatic hydroxyl groups is 2. The number of para-hydroxylation sites is 2. The Morgan fingerprint density at radius 2 is 1.05 bits per heavy atom. The summed E-state index contributed by atoms with van der Waals surface area (Å²) in [5.41, 5.74) is 1.79. The van der Waals surface area contributed by atoms with Gasteiger partial charge in [-0.3, -0.25) is 0 Å². The second-order valence-corrected chi connectivity index (χ2v) is 4.61. The molecule has 0 fully saturated rings. The van der Waals surface area contributed by atoms with E-state index in [1.54, 1.807) is 12.1 Å². The topological polar surface area (TPSA) is 64.5 Å². The van der Waals surface area contributed by atoms with Crippen molar-refractivity contribution in [2.45, 2.75) is 20.5 Å². The maximum atomic E-state index is 9.61. The molecular weight excluding hydrogens is 264 g/mol. The van der Waals surface area contributed by atoms with E-state index in [4.69, 9.17) is 0 Å². The van der Waals surface area contributed by atoms with Gasteiger partial charge < -0.3 is 20.8 Å². The van der Waals surface area contributed by atoms with Gasteiger partial charge in [-0.1, -0.05) is 43.8 Å². The fourth-order valence-electron chi connectivity index (χ4n) is 1.94. The van der Waals surface area contributed by atoms with Gasteiger partial charge in [-0.15, -0.1) is 0 Å². The van der Waals surface area contributed by atoms with Gasteiger partial charge in [0.25, 0.3) is 0 Å². The van der Waals surface area contributed by atoms with Gasteiger partial charge in [0.1, 0.15) is 11.5 Å². The summed E-state index contributed by atoms with van der Waals surface area (Å²) in [6, 6.07) is 14.6. The van der Waals surface area contributed by atoms with Crippen LogP contribution in [-0.2, 0) is 13.1 Å². The molecule has 4 nitrogen and oxygen atoms in total. The highest BCUT2D eigenvalue weighted by Gasteiger charge is 1.99. The molecule has 0 atom stereocenters. The van der Waals surface area contributed by atoms with Crippen LogP contribution in [0.3, 0.4) is 0 Å². The smallest absolute Gasteiger partial charge is 0.120 e. The van der Waals surface area contributed by atoms with E-state index >= 15 is 0 Å². The Kier molecular flexibility index (Phi) is 7.29. The summed E-state index contributed by atoms with van der Waals surface area (Å²) in [6.07, 6.45) is 0. The van der Waals surface area contributed by atoms with Gasteiger partial charge in [0.05, 0.1) is 0 Å². The molecule has 2 aromatic carbocycles. The molecular formula is C17H24N2O2. The minimum atomic E-state index is 0. The Bertz CT molecular complexity index is 494. The fraction of sp³-hybridized carbons (Fsp3) is 0.294. The Balaban J connectivity index is 0.00000220. The Hall–Kier alpha value is -2.04. The molecule has 114 valence electrons. The van der Waals surface area contributed by atoms with E-state index in [1.165, 1.54) is 0 Å². The Morgan fingerprint density at radius 1 is 0.667 bits per heavy atom. The minimum absolute atomic E-state index is 0. The number of rotatable bonds is 7. The molecule has 0 aliphatic heterocycles. The summed E-state index contributed by atoms with van der Waals surface area (Å²) >= 11 is 0. The summed E-state index contributed by atoms with van der Waals surface area (Å²) in [5, 5.41) is 25.7. The second kappa shape index (κ2) is 9.00. The van der Waals surface area contributed by atoms with E-state index in [1.807, 2.05) is 36.4 Å². The number of phenols is 2.